The summed E-state index contributed by atoms with van der Waals surface area (Å²) in [6, 6.07) is 9.42. The van der Waals surface area contributed by atoms with Crippen LogP contribution in [0.2, 0.25) is 0 Å². The molecule has 118 valence electrons. The minimum absolute atomic E-state index is 0.124. The molecule has 0 saturated carbocycles. The fourth-order valence-corrected chi connectivity index (χ4v) is 2.01. The fraction of sp³-hybridized carbons (Fsp3) is 0.438. The first-order valence-corrected chi connectivity index (χ1v) is 7.27. The first-order valence-electron chi connectivity index (χ1n) is 7.27. The predicted molar refractivity (Wildman–Crippen MR) is 77.1 cm³/mol. The molecule has 1 aliphatic heterocycles. The summed E-state index contributed by atoms with van der Waals surface area (Å²) in [5.41, 5.74) is 0.924. The van der Waals surface area contributed by atoms with Crippen molar-refractivity contribution < 1.29 is 24.0 Å². The predicted octanol–water partition coefficient (Wildman–Crippen LogP) is 1.84. The Hall–Kier alpha value is -2.21. The largest absolute Gasteiger partial charge is 0.461 e. The highest BCUT2D eigenvalue weighted by Gasteiger charge is 2.30. The number of hydroxylamine groups is 2. The molecule has 0 unspecified atom stereocenters. The minimum Gasteiger partial charge on any atom is -0.461 e. The van der Waals surface area contributed by atoms with E-state index < -0.39 is 0 Å². The molecule has 1 heterocycles. The van der Waals surface area contributed by atoms with Crippen molar-refractivity contribution >= 4 is 17.8 Å². The average molecular weight is 305 g/mol. The van der Waals surface area contributed by atoms with Gasteiger partial charge in [0.15, 0.2) is 0 Å². The van der Waals surface area contributed by atoms with E-state index in [2.05, 4.69) is 0 Å². The number of imide groups is 1. The van der Waals surface area contributed by atoms with Gasteiger partial charge in [-0.1, -0.05) is 37.3 Å². The third kappa shape index (κ3) is 4.39. The van der Waals surface area contributed by atoms with Crippen LogP contribution in [0.4, 0.5) is 0 Å². The summed E-state index contributed by atoms with van der Waals surface area (Å²) >= 11 is 0. The maximum Gasteiger partial charge on any atom is 0.309 e. The van der Waals surface area contributed by atoms with Gasteiger partial charge in [-0.3, -0.25) is 19.2 Å². The Morgan fingerprint density at radius 2 is 1.82 bits per heavy atom. The number of esters is 1. The molecule has 2 rings (SSSR count). The van der Waals surface area contributed by atoms with Crippen molar-refractivity contribution in [2.75, 3.05) is 6.61 Å². The number of amides is 2. The summed E-state index contributed by atoms with van der Waals surface area (Å²) in [6.07, 6.45) is 0.756. The molecule has 0 aliphatic carbocycles. The molecule has 1 aromatic rings. The van der Waals surface area contributed by atoms with Crippen LogP contribution in [-0.2, 0) is 30.6 Å². The number of carbonyl (C=O) groups is 3. The summed E-state index contributed by atoms with van der Waals surface area (Å²) in [4.78, 5) is 39.7. The highest BCUT2D eigenvalue weighted by atomic mass is 16.7. The molecular weight excluding hydrogens is 286 g/mol. The second kappa shape index (κ2) is 7.70. The molecular formula is C16H19NO5. The average Bonchev–Trinajstić information content (AvgIpc) is 2.85. The first-order chi connectivity index (χ1) is 10.6. The van der Waals surface area contributed by atoms with Crippen LogP contribution in [0.1, 0.15) is 31.7 Å². The molecule has 0 bridgehead atoms. The van der Waals surface area contributed by atoms with Crippen molar-refractivity contribution in [1.82, 2.24) is 5.06 Å². The smallest absolute Gasteiger partial charge is 0.309 e. The zero-order valence-corrected chi connectivity index (χ0v) is 12.5. The van der Waals surface area contributed by atoms with Gasteiger partial charge in [0.1, 0.15) is 6.61 Å². The van der Waals surface area contributed by atoms with Crippen LogP contribution in [-0.4, -0.2) is 29.5 Å². The van der Waals surface area contributed by atoms with E-state index in [9.17, 15) is 14.4 Å². The van der Waals surface area contributed by atoms with Gasteiger partial charge in [0, 0.05) is 12.8 Å². The van der Waals surface area contributed by atoms with E-state index in [1.807, 2.05) is 30.3 Å². The van der Waals surface area contributed by atoms with Gasteiger partial charge in [0.05, 0.1) is 12.5 Å². The normalized spacial score (nSPS) is 16.0. The molecule has 1 aromatic carbocycles. The Morgan fingerprint density at radius 1 is 1.18 bits per heavy atom. The molecule has 0 N–H and O–H groups in total. The maximum atomic E-state index is 11.8. The highest BCUT2D eigenvalue weighted by Crippen LogP contribution is 2.14. The van der Waals surface area contributed by atoms with E-state index in [0.717, 1.165) is 10.6 Å². The lowest BCUT2D eigenvalue weighted by Crippen LogP contribution is -2.30. The van der Waals surface area contributed by atoms with E-state index in [1.165, 1.54) is 0 Å². The van der Waals surface area contributed by atoms with E-state index >= 15 is 0 Å². The zero-order chi connectivity index (χ0) is 15.9. The van der Waals surface area contributed by atoms with Crippen LogP contribution in [0.5, 0.6) is 0 Å². The lowest BCUT2D eigenvalue weighted by atomic mass is 10.1. The van der Waals surface area contributed by atoms with E-state index in [0.29, 0.717) is 6.42 Å². The van der Waals surface area contributed by atoms with Crippen molar-refractivity contribution in [1.29, 1.82) is 0 Å². The monoisotopic (exact) mass is 305 g/mol. The summed E-state index contributed by atoms with van der Waals surface area (Å²) < 4.78 is 5.21. The Kier molecular flexibility index (Phi) is 5.66. The van der Waals surface area contributed by atoms with Gasteiger partial charge in [-0.15, -0.1) is 0 Å². The van der Waals surface area contributed by atoms with Crippen LogP contribution in [0.25, 0.3) is 0 Å². The summed E-state index contributed by atoms with van der Waals surface area (Å²) in [5, 5.41) is 0.794. The summed E-state index contributed by atoms with van der Waals surface area (Å²) in [7, 11) is 0. The fourth-order valence-electron chi connectivity index (χ4n) is 2.01. The van der Waals surface area contributed by atoms with Crippen molar-refractivity contribution in [2.45, 2.75) is 32.8 Å². The van der Waals surface area contributed by atoms with Crippen molar-refractivity contribution in [3.8, 4) is 0 Å². The first kappa shape index (κ1) is 16.2. The highest BCUT2D eigenvalue weighted by molar-refractivity contribution is 6.00. The lowest BCUT2D eigenvalue weighted by Gasteiger charge is -2.15. The number of nitrogens with zero attached hydrogens (tertiary/aromatic N) is 1. The Morgan fingerprint density at radius 3 is 2.45 bits per heavy atom. The van der Waals surface area contributed by atoms with Gasteiger partial charge in [0.25, 0.3) is 11.8 Å². The summed E-state index contributed by atoms with van der Waals surface area (Å²) in [5.74, 6) is -1.35. The Labute approximate surface area is 129 Å². The maximum absolute atomic E-state index is 11.8. The Bertz CT molecular complexity index is 527. The van der Waals surface area contributed by atoms with Crippen molar-refractivity contribution in [2.24, 2.45) is 5.92 Å². The van der Waals surface area contributed by atoms with Gasteiger partial charge < -0.3 is 4.74 Å². The molecule has 0 aromatic heterocycles. The van der Waals surface area contributed by atoms with E-state index in [-0.39, 0.29) is 49.8 Å². The SMILES string of the molecule is C[C@@H](CCON1C(=O)CCC1=O)C(=O)OCc1ccccc1. The molecule has 1 atom stereocenters. The number of rotatable bonds is 7. The number of hydrogen-bond donors (Lipinski definition) is 0. The standard InChI is InChI=1S/C16H19NO5/c1-12(9-10-22-17-14(18)7-8-15(17)19)16(20)21-11-13-5-3-2-4-6-13/h2-6,12H,7-11H2,1H3/t12-/m0/s1. The van der Waals surface area contributed by atoms with Gasteiger partial charge in [-0.05, 0) is 12.0 Å². The molecule has 0 radical (unpaired) electrons. The molecule has 2 amide bonds. The van der Waals surface area contributed by atoms with Gasteiger partial charge in [0.2, 0.25) is 0 Å². The molecule has 6 heteroatoms. The topological polar surface area (TPSA) is 72.9 Å². The molecule has 6 nitrogen and oxygen atoms in total. The zero-order valence-electron chi connectivity index (χ0n) is 12.5. The van der Waals surface area contributed by atoms with E-state index in [4.69, 9.17) is 9.57 Å². The lowest BCUT2D eigenvalue weighted by molar-refractivity contribution is -0.188. The van der Waals surface area contributed by atoms with Crippen LogP contribution in [0.3, 0.4) is 0 Å². The van der Waals surface area contributed by atoms with Gasteiger partial charge >= 0.3 is 5.97 Å². The quantitative estimate of drug-likeness (QED) is 0.567. The molecule has 1 saturated heterocycles. The van der Waals surface area contributed by atoms with Crippen LogP contribution in [0.15, 0.2) is 30.3 Å². The second-order valence-corrected chi connectivity index (χ2v) is 5.20. The molecule has 0 spiro atoms. The Balaban J connectivity index is 1.68. The number of hydrogen-bond acceptors (Lipinski definition) is 5. The van der Waals surface area contributed by atoms with Crippen LogP contribution >= 0.6 is 0 Å². The number of ether oxygens (including phenoxy) is 1. The molecule has 1 aliphatic rings. The van der Waals surface area contributed by atoms with Gasteiger partial charge in [-0.25, -0.2) is 0 Å². The van der Waals surface area contributed by atoms with E-state index in [1.54, 1.807) is 6.92 Å². The summed E-state index contributed by atoms with van der Waals surface area (Å²) in [6.45, 7) is 2.08. The third-order valence-electron chi connectivity index (χ3n) is 3.40. The second-order valence-electron chi connectivity index (χ2n) is 5.20. The number of benzene rings is 1. The minimum atomic E-state index is -0.364. The van der Waals surface area contributed by atoms with Gasteiger partial charge in [-0.2, -0.15) is 5.06 Å². The molecule has 22 heavy (non-hydrogen) atoms. The van der Waals surface area contributed by atoms with Crippen LogP contribution in [0, 0.1) is 5.92 Å². The van der Waals surface area contributed by atoms with Crippen LogP contribution < -0.4 is 0 Å². The third-order valence-corrected chi connectivity index (χ3v) is 3.40. The molecule has 1 fully saturated rings. The van der Waals surface area contributed by atoms with Crippen molar-refractivity contribution in [3.05, 3.63) is 35.9 Å². The number of carbonyl (C=O) groups excluding carboxylic acids is 3. The van der Waals surface area contributed by atoms with Crippen molar-refractivity contribution in [3.63, 3.8) is 0 Å².